The predicted octanol–water partition coefficient (Wildman–Crippen LogP) is 3.28. The van der Waals surface area contributed by atoms with E-state index in [-0.39, 0.29) is 24.2 Å². The Kier molecular flexibility index (Phi) is 8.64. The van der Waals surface area contributed by atoms with Crippen molar-refractivity contribution in [3.63, 3.8) is 0 Å². The smallest absolute Gasteiger partial charge is 0.480 e. The minimum Gasteiger partial charge on any atom is -0.480 e. The summed E-state index contributed by atoms with van der Waals surface area (Å²) in [4.78, 5) is 22.4. The number of carboxylic acids is 1. The van der Waals surface area contributed by atoms with Gasteiger partial charge in [0, 0.05) is 0 Å². The number of carbonyl (C=O) groups excluding carboxylic acids is 1. The Labute approximate surface area is 142 Å². The molecule has 1 atom stereocenters. The van der Waals surface area contributed by atoms with Gasteiger partial charge in [0.2, 0.25) is 0 Å². The molecular formula is C16H24ClNO5. The van der Waals surface area contributed by atoms with Gasteiger partial charge in [0.1, 0.15) is 18.4 Å². The molecule has 3 N–H and O–H groups in total. The standard InChI is InChI=1S/C16H23NO5.ClH/c1-9(2)11-6-5-7-12(10(3)4)14(11)22-16(20)21-8-13(17)15(18)19;/h5-7,9-10,13H,8,17H2,1-4H3,(H,18,19);1H/t13-;/m1./s1. The number of hydrogen-bond acceptors (Lipinski definition) is 5. The molecule has 0 saturated carbocycles. The molecule has 0 amide bonds. The van der Waals surface area contributed by atoms with Crippen LogP contribution in [0.5, 0.6) is 5.75 Å². The second-order valence-corrected chi connectivity index (χ2v) is 5.68. The molecular weight excluding hydrogens is 322 g/mol. The molecule has 0 aromatic heterocycles. The molecule has 0 heterocycles. The van der Waals surface area contributed by atoms with Crippen molar-refractivity contribution in [1.82, 2.24) is 0 Å². The molecule has 0 saturated heterocycles. The maximum absolute atomic E-state index is 11.8. The van der Waals surface area contributed by atoms with Crippen molar-refractivity contribution in [1.29, 1.82) is 0 Å². The van der Waals surface area contributed by atoms with E-state index >= 15 is 0 Å². The quantitative estimate of drug-likeness (QED) is 0.606. The molecule has 1 rings (SSSR count). The molecule has 1 aromatic carbocycles. The van der Waals surface area contributed by atoms with E-state index in [9.17, 15) is 9.59 Å². The van der Waals surface area contributed by atoms with Crippen LogP contribution in [0.4, 0.5) is 4.79 Å². The summed E-state index contributed by atoms with van der Waals surface area (Å²) in [7, 11) is 0. The van der Waals surface area contributed by atoms with Crippen molar-refractivity contribution in [3.8, 4) is 5.75 Å². The predicted molar refractivity (Wildman–Crippen MR) is 89.5 cm³/mol. The zero-order chi connectivity index (χ0) is 16.9. The number of carbonyl (C=O) groups is 2. The molecule has 0 aliphatic carbocycles. The van der Waals surface area contributed by atoms with Crippen LogP contribution in [0.1, 0.15) is 50.7 Å². The van der Waals surface area contributed by atoms with E-state index < -0.39 is 24.8 Å². The van der Waals surface area contributed by atoms with Crippen molar-refractivity contribution >= 4 is 24.5 Å². The Bertz CT molecular complexity index is 519. The summed E-state index contributed by atoms with van der Waals surface area (Å²) >= 11 is 0. The second kappa shape index (κ2) is 9.37. The monoisotopic (exact) mass is 345 g/mol. The van der Waals surface area contributed by atoms with E-state index in [4.69, 9.17) is 20.3 Å². The molecule has 7 heteroatoms. The number of benzene rings is 1. The molecule has 23 heavy (non-hydrogen) atoms. The lowest BCUT2D eigenvalue weighted by atomic mass is 9.94. The summed E-state index contributed by atoms with van der Waals surface area (Å²) in [6.45, 7) is 7.56. The van der Waals surface area contributed by atoms with Crippen LogP contribution in [0.15, 0.2) is 18.2 Å². The van der Waals surface area contributed by atoms with Gasteiger partial charge in [-0.3, -0.25) is 4.79 Å². The summed E-state index contributed by atoms with van der Waals surface area (Å²) in [6.07, 6.45) is -0.952. The third kappa shape index (κ3) is 6.08. The number of para-hydroxylation sites is 1. The number of halogens is 1. The highest BCUT2D eigenvalue weighted by Gasteiger charge is 2.20. The molecule has 0 aliphatic rings. The number of nitrogens with two attached hydrogens (primary N) is 1. The summed E-state index contributed by atoms with van der Waals surface area (Å²) in [5.41, 5.74) is 7.07. The zero-order valence-electron chi connectivity index (χ0n) is 13.7. The zero-order valence-corrected chi connectivity index (χ0v) is 14.6. The van der Waals surface area contributed by atoms with Gasteiger partial charge in [0.15, 0.2) is 0 Å². The van der Waals surface area contributed by atoms with Gasteiger partial charge in [-0.1, -0.05) is 45.9 Å². The third-order valence-corrected chi connectivity index (χ3v) is 3.20. The molecule has 6 nitrogen and oxygen atoms in total. The first-order valence-corrected chi connectivity index (χ1v) is 7.19. The number of aliphatic carboxylic acids is 1. The molecule has 0 spiro atoms. The van der Waals surface area contributed by atoms with Gasteiger partial charge in [0.25, 0.3) is 0 Å². The molecule has 0 aliphatic heterocycles. The first-order chi connectivity index (χ1) is 10.2. The van der Waals surface area contributed by atoms with Gasteiger partial charge in [-0.15, -0.1) is 12.4 Å². The van der Waals surface area contributed by atoms with Crippen LogP contribution in [0.3, 0.4) is 0 Å². The lowest BCUT2D eigenvalue weighted by Crippen LogP contribution is -2.36. The Hall–Kier alpha value is -1.79. The lowest BCUT2D eigenvalue weighted by Gasteiger charge is -2.18. The van der Waals surface area contributed by atoms with Crippen LogP contribution in [0, 0.1) is 0 Å². The van der Waals surface area contributed by atoms with Crippen LogP contribution in [0.25, 0.3) is 0 Å². The van der Waals surface area contributed by atoms with E-state index in [0.717, 1.165) is 11.1 Å². The highest BCUT2D eigenvalue weighted by Crippen LogP contribution is 2.34. The summed E-state index contributed by atoms with van der Waals surface area (Å²) < 4.78 is 10.1. The van der Waals surface area contributed by atoms with Crippen molar-refractivity contribution < 1.29 is 24.2 Å². The van der Waals surface area contributed by atoms with Gasteiger partial charge in [-0.25, -0.2) is 4.79 Å². The van der Waals surface area contributed by atoms with Crippen molar-refractivity contribution in [2.24, 2.45) is 5.73 Å². The minimum absolute atomic E-state index is 0. The third-order valence-electron chi connectivity index (χ3n) is 3.20. The summed E-state index contributed by atoms with van der Waals surface area (Å²) in [5, 5.41) is 8.66. The van der Waals surface area contributed by atoms with Crippen LogP contribution in [-0.4, -0.2) is 29.9 Å². The van der Waals surface area contributed by atoms with Crippen molar-refractivity contribution in [3.05, 3.63) is 29.3 Å². The van der Waals surface area contributed by atoms with Gasteiger partial charge in [-0.2, -0.15) is 0 Å². The Morgan fingerprint density at radius 2 is 1.61 bits per heavy atom. The summed E-state index contributed by atoms with van der Waals surface area (Å²) in [6, 6.07) is 4.44. The first kappa shape index (κ1) is 21.2. The van der Waals surface area contributed by atoms with E-state index in [0.29, 0.717) is 5.75 Å². The maximum atomic E-state index is 11.8. The largest absolute Gasteiger partial charge is 0.513 e. The summed E-state index contributed by atoms with van der Waals surface area (Å²) in [5.74, 6) is -0.426. The highest BCUT2D eigenvalue weighted by molar-refractivity contribution is 5.85. The van der Waals surface area contributed by atoms with Gasteiger partial charge < -0.3 is 20.3 Å². The van der Waals surface area contributed by atoms with Gasteiger partial charge in [0.05, 0.1) is 0 Å². The average Bonchev–Trinajstić information content (AvgIpc) is 2.44. The number of hydrogen-bond donors (Lipinski definition) is 2. The lowest BCUT2D eigenvalue weighted by molar-refractivity contribution is -0.139. The van der Waals surface area contributed by atoms with E-state index in [1.165, 1.54) is 0 Å². The normalized spacial score (nSPS) is 11.8. The maximum Gasteiger partial charge on any atom is 0.513 e. The fraction of sp³-hybridized carbons (Fsp3) is 0.500. The SMILES string of the molecule is CC(C)c1cccc(C(C)C)c1OC(=O)OC[C@@H](N)C(=O)O.Cl. The Morgan fingerprint density at radius 3 is 2.00 bits per heavy atom. The minimum atomic E-state index is -1.27. The van der Waals surface area contributed by atoms with Crippen molar-refractivity contribution in [2.45, 2.75) is 45.6 Å². The molecule has 0 fully saturated rings. The first-order valence-electron chi connectivity index (χ1n) is 7.19. The fourth-order valence-corrected chi connectivity index (χ4v) is 1.94. The number of rotatable bonds is 6. The fourth-order valence-electron chi connectivity index (χ4n) is 1.94. The molecule has 0 radical (unpaired) electrons. The van der Waals surface area contributed by atoms with Crippen LogP contribution < -0.4 is 10.5 Å². The second-order valence-electron chi connectivity index (χ2n) is 5.68. The average molecular weight is 346 g/mol. The topological polar surface area (TPSA) is 98.9 Å². The molecule has 1 aromatic rings. The van der Waals surface area contributed by atoms with Crippen molar-refractivity contribution in [2.75, 3.05) is 6.61 Å². The van der Waals surface area contributed by atoms with Crippen LogP contribution in [0.2, 0.25) is 0 Å². The van der Waals surface area contributed by atoms with Gasteiger partial charge in [-0.05, 0) is 23.0 Å². The number of carboxylic acid groups (broad SMARTS) is 1. The van der Waals surface area contributed by atoms with Crippen LogP contribution in [-0.2, 0) is 9.53 Å². The Balaban J connectivity index is 0.00000484. The van der Waals surface area contributed by atoms with Gasteiger partial charge >= 0.3 is 12.1 Å². The highest BCUT2D eigenvalue weighted by atomic mass is 35.5. The van der Waals surface area contributed by atoms with Crippen LogP contribution >= 0.6 is 12.4 Å². The Morgan fingerprint density at radius 1 is 1.13 bits per heavy atom. The van der Waals surface area contributed by atoms with E-state index in [2.05, 4.69) is 0 Å². The molecule has 0 unspecified atom stereocenters. The van der Waals surface area contributed by atoms with E-state index in [1.54, 1.807) is 0 Å². The van der Waals surface area contributed by atoms with E-state index in [1.807, 2.05) is 45.9 Å². The molecule has 130 valence electrons. The number of ether oxygens (including phenoxy) is 2. The molecule has 0 bridgehead atoms.